The summed E-state index contributed by atoms with van der Waals surface area (Å²) < 4.78 is 4.73. The molecule has 3 N–H and O–H groups in total. The van der Waals surface area contributed by atoms with E-state index in [4.69, 9.17) is 14.9 Å². The molecule has 0 aliphatic rings. The molecule has 0 aromatic rings. The van der Waals surface area contributed by atoms with Crippen molar-refractivity contribution in [3.8, 4) is 0 Å². The van der Waals surface area contributed by atoms with Gasteiger partial charge in [-0.1, -0.05) is 103 Å². The molecule has 0 saturated heterocycles. The molecule has 29 heavy (non-hydrogen) atoms. The van der Waals surface area contributed by atoms with Crippen LogP contribution in [0.3, 0.4) is 0 Å². The van der Waals surface area contributed by atoms with E-state index in [1.54, 1.807) is 6.08 Å². The van der Waals surface area contributed by atoms with Crippen LogP contribution in [-0.4, -0.2) is 46.7 Å². The molecule has 0 aromatic carbocycles. The molecule has 0 fully saturated rings. The van der Waals surface area contributed by atoms with E-state index in [1.165, 1.54) is 70.6 Å². The molecular weight excluding hydrogens is 368 g/mol. The first kappa shape index (κ1) is 30.3. The van der Waals surface area contributed by atoms with Gasteiger partial charge in [-0.05, 0) is 13.3 Å². The molecule has 0 rings (SSSR count). The van der Waals surface area contributed by atoms with Crippen LogP contribution in [0.5, 0.6) is 0 Å². The minimum atomic E-state index is -1.13. The number of carbonyl (C=O) groups excluding carboxylic acids is 1. The number of hydrogen-bond acceptors (Lipinski definition) is 5. The highest BCUT2D eigenvalue weighted by Crippen LogP contribution is 2.14. The summed E-state index contributed by atoms with van der Waals surface area (Å²) in [6, 6.07) is 0. The minimum absolute atomic E-state index is 0.273. The van der Waals surface area contributed by atoms with Crippen molar-refractivity contribution in [3.05, 3.63) is 12.7 Å². The van der Waals surface area contributed by atoms with Crippen molar-refractivity contribution in [2.75, 3.05) is 13.2 Å². The smallest absolute Gasteiger partial charge is 0.335 e. The lowest BCUT2D eigenvalue weighted by atomic mass is 10.0. The molecule has 0 radical (unpaired) electrons. The Morgan fingerprint density at radius 3 is 1.62 bits per heavy atom. The van der Waals surface area contributed by atoms with Crippen LogP contribution in [0.15, 0.2) is 12.7 Å². The lowest BCUT2D eigenvalue weighted by Gasteiger charge is -2.12. The van der Waals surface area contributed by atoms with Crippen molar-refractivity contribution in [2.45, 2.75) is 122 Å². The van der Waals surface area contributed by atoms with Gasteiger partial charge in [0.25, 0.3) is 0 Å². The van der Waals surface area contributed by atoms with Gasteiger partial charge in [0.05, 0.1) is 6.61 Å². The summed E-state index contributed by atoms with van der Waals surface area (Å²) >= 11 is 0. The number of aliphatic hydroxyl groups is 3. The van der Waals surface area contributed by atoms with Crippen molar-refractivity contribution in [1.82, 2.24) is 0 Å². The van der Waals surface area contributed by atoms with E-state index in [9.17, 15) is 9.90 Å². The standard InChI is InChI=1S/C21H42O5.C3H6/c1-2-3-4-5-6-7-8-9-10-11-12-13-14-15-16-20(24)21(25)26-18-19(23)17-22;1-3-2/h19-20,22-24H,2-18H2,1H3;3H,1H2,2H3. The summed E-state index contributed by atoms with van der Waals surface area (Å²) in [7, 11) is 0. The maximum absolute atomic E-state index is 11.5. The summed E-state index contributed by atoms with van der Waals surface area (Å²) in [4.78, 5) is 11.5. The molecule has 0 amide bonds. The molecule has 2 unspecified atom stereocenters. The lowest BCUT2D eigenvalue weighted by molar-refractivity contribution is -0.157. The van der Waals surface area contributed by atoms with E-state index in [2.05, 4.69) is 13.5 Å². The zero-order valence-electron chi connectivity index (χ0n) is 19.1. The predicted octanol–water partition coefficient (Wildman–Crippen LogP) is 5.31. The fraction of sp³-hybridized carbons (Fsp3) is 0.875. The van der Waals surface area contributed by atoms with Crippen molar-refractivity contribution in [3.63, 3.8) is 0 Å². The normalized spacial score (nSPS) is 12.6. The van der Waals surface area contributed by atoms with Gasteiger partial charge in [-0.25, -0.2) is 4.79 Å². The third-order valence-corrected chi connectivity index (χ3v) is 4.73. The van der Waals surface area contributed by atoms with E-state index in [0.717, 1.165) is 19.3 Å². The monoisotopic (exact) mass is 416 g/mol. The molecule has 0 aliphatic carbocycles. The number of rotatable bonds is 19. The first-order chi connectivity index (χ1) is 14.0. The Kier molecular flexibility index (Phi) is 26.2. The summed E-state index contributed by atoms with van der Waals surface area (Å²) in [6.07, 6.45) is 17.7. The molecule has 0 saturated carbocycles. The number of carbonyl (C=O) groups is 1. The summed E-state index contributed by atoms with van der Waals surface area (Å²) in [5.74, 6) is -0.716. The van der Waals surface area contributed by atoms with Gasteiger partial charge < -0.3 is 20.1 Å². The maximum atomic E-state index is 11.5. The summed E-state index contributed by atoms with van der Waals surface area (Å²) in [5, 5.41) is 27.4. The van der Waals surface area contributed by atoms with E-state index >= 15 is 0 Å². The van der Waals surface area contributed by atoms with Gasteiger partial charge >= 0.3 is 5.97 Å². The Labute approximate surface area is 179 Å². The summed E-state index contributed by atoms with van der Waals surface area (Å²) in [6.45, 7) is 6.77. The first-order valence-corrected chi connectivity index (χ1v) is 11.7. The molecule has 174 valence electrons. The maximum Gasteiger partial charge on any atom is 0.335 e. The van der Waals surface area contributed by atoms with Crippen LogP contribution < -0.4 is 0 Å². The van der Waals surface area contributed by atoms with Crippen LogP contribution in [0.1, 0.15) is 110 Å². The largest absolute Gasteiger partial charge is 0.461 e. The van der Waals surface area contributed by atoms with Crippen LogP contribution in [-0.2, 0) is 9.53 Å². The fourth-order valence-corrected chi connectivity index (χ4v) is 2.98. The van der Waals surface area contributed by atoms with Crippen molar-refractivity contribution in [1.29, 1.82) is 0 Å². The second kappa shape index (κ2) is 25.1. The Morgan fingerprint density at radius 2 is 1.24 bits per heavy atom. The molecule has 0 aromatic heterocycles. The average molecular weight is 417 g/mol. The molecular formula is C24H48O5. The molecule has 5 nitrogen and oxygen atoms in total. The third-order valence-electron chi connectivity index (χ3n) is 4.73. The van der Waals surface area contributed by atoms with Crippen LogP contribution in [0.25, 0.3) is 0 Å². The van der Waals surface area contributed by atoms with Gasteiger partial charge in [-0.3, -0.25) is 0 Å². The van der Waals surface area contributed by atoms with E-state index < -0.39 is 24.8 Å². The predicted molar refractivity (Wildman–Crippen MR) is 121 cm³/mol. The van der Waals surface area contributed by atoms with Gasteiger partial charge in [0, 0.05) is 0 Å². The zero-order valence-corrected chi connectivity index (χ0v) is 19.1. The molecule has 0 heterocycles. The quantitative estimate of drug-likeness (QED) is 0.151. The highest BCUT2D eigenvalue weighted by Gasteiger charge is 2.17. The van der Waals surface area contributed by atoms with Crippen LogP contribution in [0, 0.1) is 0 Å². The number of unbranched alkanes of at least 4 members (excludes halogenated alkanes) is 13. The lowest BCUT2D eigenvalue weighted by Crippen LogP contribution is -2.28. The average Bonchev–Trinajstić information content (AvgIpc) is 2.72. The van der Waals surface area contributed by atoms with Gasteiger partial charge in [-0.2, -0.15) is 0 Å². The van der Waals surface area contributed by atoms with Gasteiger partial charge in [0.2, 0.25) is 0 Å². The summed E-state index contributed by atoms with van der Waals surface area (Å²) in [5.41, 5.74) is 0. The zero-order chi connectivity index (χ0) is 22.2. The number of ether oxygens (including phenoxy) is 1. The van der Waals surface area contributed by atoms with Crippen LogP contribution in [0.4, 0.5) is 0 Å². The number of hydrogen-bond donors (Lipinski definition) is 3. The van der Waals surface area contributed by atoms with E-state index in [-0.39, 0.29) is 6.61 Å². The Hall–Kier alpha value is -0.910. The number of esters is 1. The van der Waals surface area contributed by atoms with Crippen LogP contribution >= 0.6 is 0 Å². The van der Waals surface area contributed by atoms with Crippen LogP contribution in [0.2, 0.25) is 0 Å². The van der Waals surface area contributed by atoms with E-state index in [0.29, 0.717) is 6.42 Å². The van der Waals surface area contributed by atoms with Gasteiger partial charge in [0.1, 0.15) is 12.7 Å². The van der Waals surface area contributed by atoms with Gasteiger partial charge in [0.15, 0.2) is 6.10 Å². The second-order valence-electron chi connectivity index (χ2n) is 7.78. The SMILES string of the molecule is C=CC.CCCCCCCCCCCCCCCCC(O)C(=O)OCC(O)CO. The third kappa shape index (κ3) is 25.1. The number of aliphatic hydroxyl groups excluding tert-OH is 3. The second-order valence-corrected chi connectivity index (χ2v) is 7.78. The van der Waals surface area contributed by atoms with Crippen molar-refractivity contribution >= 4 is 5.97 Å². The van der Waals surface area contributed by atoms with E-state index in [1.807, 2.05) is 6.92 Å². The first-order valence-electron chi connectivity index (χ1n) is 11.7. The highest BCUT2D eigenvalue weighted by molar-refractivity contribution is 5.74. The highest BCUT2D eigenvalue weighted by atomic mass is 16.6. The van der Waals surface area contributed by atoms with Crippen molar-refractivity contribution < 1.29 is 24.9 Å². The molecule has 5 heteroatoms. The molecule has 2 atom stereocenters. The molecule has 0 spiro atoms. The number of allylic oxidation sites excluding steroid dienone is 1. The fourth-order valence-electron chi connectivity index (χ4n) is 2.98. The van der Waals surface area contributed by atoms with Gasteiger partial charge in [-0.15, -0.1) is 6.58 Å². The Morgan fingerprint density at radius 1 is 0.862 bits per heavy atom. The Bertz CT molecular complexity index is 346. The minimum Gasteiger partial charge on any atom is -0.461 e. The van der Waals surface area contributed by atoms with Crippen molar-refractivity contribution in [2.24, 2.45) is 0 Å². The molecule has 0 bridgehead atoms. The topological polar surface area (TPSA) is 87.0 Å². The Balaban J connectivity index is 0. The molecule has 0 aliphatic heterocycles.